The molecule has 0 saturated carbocycles. The van der Waals surface area contributed by atoms with Gasteiger partial charge in [0.2, 0.25) is 0 Å². The molecule has 3 aromatic rings. The fraction of sp³-hybridized carbons (Fsp3) is 0.0667. The number of halogens is 2. The van der Waals surface area contributed by atoms with Crippen LogP contribution in [0.1, 0.15) is 10.4 Å². The fourth-order valence-corrected chi connectivity index (χ4v) is 3.47. The highest BCUT2D eigenvalue weighted by molar-refractivity contribution is 9.11. The molecule has 0 aliphatic carbocycles. The Hall–Kier alpha value is -1.66. The number of carboxylic acids is 1. The van der Waals surface area contributed by atoms with Gasteiger partial charge in [0.1, 0.15) is 5.82 Å². The first-order valence-electron chi connectivity index (χ1n) is 6.12. The number of aryl methyl sites for hydroxylation is 1. The third-order valence-corrected chi connectivity index (χ3v) is 4.45. The minimum Gasteiger partial charge on any atom is -0.478 e. The van der Waals surface area contributed by atoms with Crippen LogP contribution in [0, 0.1) is 0 Å². The maximum atomic E-state index is 11.1. The quantitative estimate of drug-likeness (QED) is 0.679. The molecule has 1 N–H and O–H groups in total. The van der Waals surface area contributed by atoms with Crippen molar-refractivity contribution in [3.8, 4) is 11.4 Å². The van der Waals surface area contributed by atoms with Crippen molar-refractivity contribution in [3.63, 3.8) is 0 Å². The van der Waals surface area contributed by atoms with Crippen LogP contribution in [0.5, 0.6) is 0 Å². The molecule has 1 heterocycles. The minimum absolute atomic E-state index is 0.238. The van der Waals surface area contributed by atoms with E-state index in [1.165, 1.54) is 0 Å². The molecule has 0 saturated heterocycles. The van der Waals surface area contributed by atoms with Crippen LogP contribution < -0.4 is 0 Å². The Labute approximate surface area is 137 Å². The summed E-state index contributed by atoms with van der Waals surface area (Å²) in [6, 6.07) is 10.8. The van der Waals surface area contributed by atoms with E-state index in [1.54, 1.807) is 18.2 Å². The molecule has 0 unspecified atom stereocenters. The molecule has 2 aromatic carbocycles. The monoisotopic (exact) mass is 408 g/mol. The second-order valence-electron chi connectivity index (χ2n) is 4.63. The number of nitrogens with zero attached hydrogens (tertiary/aromatic N) is 2. The molecular weight excluding hydrogens is 400 g/mol. The smallest absolute Gasteiger partial charge is 0.335 e. The van der Waals surface area contributed by atoms with Gasteiger partial charge in [-0.3, -0.25) is 0 Å². The van der Waals surface area contributed by atoms with Gasteiger partial charge in [-0.05, 0) is 52.3 Å². The number of hydrogen-bond donors (Lipinski definition) is 1. The van der Waals surface area contributed by atoms with Gasteiger partial charge in [0.05, 0.1) is 16.6 Å². The van der Waals surface area contributed by atoms with Crippen molar-refractivity contribution < 1.29 is 9.90 Å². The summed E-state index contributed by atoms with van der Waals surface area (Å²) in [6.45, 7) is 0. The molecule has 0 atom stereocenters. The molecule has 1 aromatic heterocycles. The Morgan fingerprint density at radius 3 is 2.62 bits per heavy atom. The van der Waals surface area contributed by atoms with Crippen LogP contribution in [0.3, 0.4) is 0 Å². The van der Waals surface area contributed by atoms with Gasteiger partial charge in [0.25, 0.3) is 0 Å². The van der Waals surface area contributed by atoms with Crippen molar-refractivity contribution in [2.45, 2.75) is 0 Å². The highest BCUT2D eigenvalue weighted by atomic mass is 79.9. The van der Waals surface area contributed by atoms with Crippen molar-refractivity contribution >= 4 is 48.9 Å². The highest BCUT2D eigenvalue weighted by Gasteiger charge is 2.14. The summed E-state index contributed by atoms with van der Waals surface area (Å²) in [5.41, 5.74) is 2.75. The number of benzene rings is 2. The number of fused-ring (bicyclic) bond motifs is 1. The van der Waals surface area contributed by atoms with Crippen molar-refractivity contribution in [1.29, 1.82) is 0 Å². The second-order valence-corrected chi connectivity index (χ2v) is 6.40. The van der Waals surface area contributed by atoms with Gasteiger partial charge < -0.3 is 9.67 Å². The van der Waals surface area contributed by atoms with Crippen molar-refractivity contribution in [2.75, 3.05) is 0 Å². The molecule has 0 amide bonds. The maximum Gasteiger partial charge on any atom is 0.335 e. The Bertz CT molecular complexity index is 871. The lowest BCUT2D eigenvalue weighted by atomic mass is 10.2. The van der Waals surface area contributed by atoms with Crippen LogP contribution in [0.4, 0.5) is 0 Å². The van der Waals surface area contributed by atoms with Crippen LogP contribution in [0.15, 0.2) is 45.3 Å². The summed E-state index contributed by atoms with van der Waals surface area (Å²) >= 11 is 6.96. The van der Waals surface area contributed by atoms with Gasteiger partial charge in [-0.1, -0.05) is 15.9 Å². The summed E-state index contributed by atoms with van der Waals surface area (Å²) in [7, 11) is 1.92. The predicted molar refractivity (Wildman–Crippen MR) is 88.5 cm³/mol. The highest BCUT2D eigenvalue weighted by Crippen LogP contribution is 2.32. The van der Waals surface area contributed by atoms with Crippen LogP contribution in [0.25, 0.3) is 22.4 Å². The maximum absolute atomic E-state index is 11.1. The van der Waals surface area contributed by atoms with Gasteiger partial charge in [0.15, 0.2) is 0 Å². The molecular formula is C15H10Br2N2O2. The summed E-state index contributed by atoms with van der Waals surface area (Å²) in [6.07, 6.45) is 0. The number of carboxylic acid groups (broad SMARTS) is 1. The lowest BCUT2D eigenvalue weighted by Gasteiger charge is -2.05. The van der Waals surface area contributed by atoms with Gasteiger partial charge in [-0.2, -0.15) is 0 Å². The second kappa shape index (κ2) is 5.27. The molecule has 0 fully saturated rings. The Balaban J connectivity index is 2.23. The normalized spacial score (nSPS) is 11.0. The largest absolute Gasteiger partial charge is 0.478 e. The van der Waals surface area contributed by atoms with E-state index in [9.17, 15) is 4.79 Å². The van der Waals surface area contributed by atoms with Gasteiger partial charge >= 0.3 is 5.97 Å². The molecule has 6 heteroatoms. The van der Waals surface area contributed by atoms with Crippen molar-refractivity contribution in [2.24, 2.45) is 7.05 Å². The van der Waals surface area contributed by atoms with E-state index in [-0.39, 0.29) is 5.56 Å². The molecule has 0 spiro atoms. The molecule has 0 aliphatic rings. The number of imidazole rings is 1. The van der Waals surface area contributed by atoms with Crippen molar-refractivity contribution in [3.05, 3.63) is 50.9 Å². The number of carbonyl (C=O) groups is 1. The Morgan fingerprint density at radius 1 is 1.19 bits per heavy atom. The van der Waals surface area contributed by atoms with Gasteiger partial charge in [-0.25, -0.2) is 9.78 Å². The number of aromatic nitrogens is 2. The average molecular weight is 410 g/mol. The third-order valence-electron chi connectivity index (χ3n) is 3.30. The molecule has 3 rings (SSSR count). The van der Waals surface area contributed by atoms with E-state index in [0.29, 0.717) is 5.52 Å². The first-order valence-corrected chi connectivity index (χ1v) is 7.71. The first-order chi connectivity index (χ1) is 9.97. The zero-order chi connectivity index (χ0) is 15.1. The average Bonchev–Trinajstić information content (AvgIpc) is 2.75. The Morgan fingerprint density at radius 2 is 1.95 bits per heavy atom. The van der Waals surface area contributed by atoms with E-state index in [2.05, 4.69) is 36.8 Å². The summed E-state index contributed by atoms with van der Waals surface area (Å²) in [4.78, 5) is 15.6. The summed E-state index contributed by atoms with van der Waals surface area (Å²) < 4.78 is 3.85. The van der Waals surface area contributed by atoms with Gasteiger partial charge in [0, 0.05) is 21.6 Å². The van der Waals surface area contributed by atoms with Crippen LogP contribution in [-0.4, -0.2) is 20.6 Å². The summed E-state index contributed by atoms with van der Waals surface area (Å²) in [5.74, 6) is -0.166. The number of hydrogen-bond acceptors (Lipinski definition) is 2. The summed E-state index contributed by atoms with van der Waals surface area (Å²) in [5, 5.41) is 9.06. The Kier molecular flexibility index (Phi) is 3.59. The lowest BCUT2D eigenvalue weighted by Crippen LogP contribution is -1.96. The number of aromatic carboxylic acids is 1. The van der Waals surface area contributed by atoms with Crippen LogP contribution >= 0.6 is 31.9 Å². The standard InChI is InChI=1S/C15H10Br2N2O2/c1-19-13-5-2-8(15(20)21)6-12(13)18-14(19)10-4-3-9(16)7-11(10)17/h2-7H,1H3,(H,20,21). The molecule has 0 radical (unpaired) electrons. The molecule has 106 valence electrons. The molecule has 0 bridgehead atoms. The molecule has 4 nitrogen and oxygen atoms in total. The van der Waals surface area contributed by atoms with Gasteiger partial charge in [-0.15, -0.1) is 0 Å². The van der Waals surface area contributed by atoms with E-state index in [4.69, 9.17) is 5.11 Å². The lowest BCUT2D eigenvalue weighted by molar-refractivity contribution is 0.0697. The van der Waals surface area contributed by atoms with E-state index < -0.39 is 5.97 Å². The van der Waals surface area contributed by atoms with Crippen LogP contribution in [-0.2, 0) is 7.05 Å². The number of rotatable bonds is 2. The molecule has 21 heavy (non-hydrogen) atoms. The zero-order valence-corrected chi connectivity index (χ0v) is 14.1. The van der Waals surface area contributed by atoms with Crippen molar-refractivity contribution in [1.82, 2.24) is 9.55 Å². The third kappa shape index (κ3) is 2.49. The minimum atomic E-state index is -0.950. The molecule has 0 aliphatic heterocycles. The predicted octanol–water partition coefficient (Wildman–Crippen LogP) is 4.46. The zero-order valence-electron chi connectivity index (χ0n) is 11.0. The first kappa shape index (κ1) is 14.3. The van der Waals surface area contributed by atoms with E-state index in [1.807, 2.05) is 29.8 Å². The van der Waals surface area contributed by atoms with E-state index >= 15 is 0 Å². The topological polar surface area (TPSA) is 55.1 Å². The fourth-order valence-electron chi connectivity index (χ4n) is 2.24. The van der Waals surface area contributed by atoms with E-state index in [0.717, 1.165) is 25.8 Å². The SMILES string of the molecule is Cn1c(-c2ccc(Br)cc2Br)nc2cc(C(=O)O)ccc21. The van der Waals surface area contributed by atoms with Crippen LogP contribution in [0.2, 0.25) is 0 Å².